The molecule has 3 rings (SSSR count). The second-order valence-electron chi connectivity index (χ2n) is 6.51. The highest BCUT2D eigenvalue weighted by atomic mass is 16.5. The van der Waals surface area contributed by atoms with E-state index in [9.17, 15) is 4.79 Å². The maximum atomic E-state index is 12.2. The van der Waals surface area contributed by atoms with Crippen LogP contribution >= 0.6 is 0 Å². The second kappa shape index (κ2) is 9.01. The van der Waals surface area contributed by atoms with Gasteiger partial charge < -0.3 is 20.5 Å². The number of ether oxygens (including phenoxy) is 2. The summed E-state index contributed by atoms with van der Waals surface area (Å²) < 4.78 is 10.6. The second-order valence-corrected chi connectivity index (χ2v) is 6.51. The van der Waals surface area contributed by atoms with Crippen molar-refractivity contribution in [1.82, 2.24) is 15.0 Å². The molecule has 0 radical (unpaired) electrons. The molecular formula is C21H23N5O3. The SMILES string of the molecule is COc1cc(CC(=O)OCc2nc(N)nc(Nc3ccccc3C)n2)ccc1C. The van der Waals surface area contributed by atoms with Crippen LogP contribution in [0.5, 0.6) is 5.75 Å². The van der Waals surface area contributed by atoms with Gasteiger partial charge in [-0.1, -0.05) is 30.3 Å². The summed E-state index contributed by atoms with van der Waals surface area (Å²) in [7, 11) is 1.60. The van der Waals surface area contributed by atoms with Crippen molar-refractivity contribution in [2.45, 2.75) is 26.9 Å². The molecule has 29 heavy (non-hydrogen) atoms. The number of nitrogen functional groups attached to an aromatic ring is 1. The van der Waals surface area contributed by atoms with Crippen LogP contribution in [0, 0.1) is 13.8 Å². The van der Waals surface area contributed by atoms with Crippen LogP contribution < -0.4 is 15.8 Å². The van der Waals surface area contributed by atoms with Crippen LogP contribution in [0.25, 0.3) is 0 Å². The molecular weight excluding hydrogens is 370 g/mol. The monoisotopic (exact) mass is 393 g/mol. The number of anilines is 3. The smallest absolute Gasteiger partial charge is 0.310 e. The number of para-hydroxylation sites is 1. The van der Waals surface area contributed by atoms with Gasteiger partial charge in [-0.25, -0.2) is 0 Å². The minimum absolute atomic E-state index is 0.0467. The predicted octanol–water partition coefficient (Wildman–Crippen LogP) is 3.11. The minimum Gasteiger partial charge on any atom is -0.496 e. The van der Waals surface area contributed by atoms with Crippen molar-refractivity contribution in [2.24, 2.45) is 0 Å². The van der Waals surface area contributed by atoms with Gasteiger partial charge in [-0.15, -0.1) is 0 Å². The number of nitrogens with two attached hydrogens (primary N) is 1. The molecule has 150 valence electrons. The normalized spacial score (nSPS) is 10.4. The van der Waals surface area contributed by atoms with Crippen molar-refractivity contribution in [2.75, 3.05) is 18.2 Å². The third-order valence-corrected chi connectivity index (χ3v) is 4.27. The number of carbonyl (C=O) groups is 1. The van der Waals surface area contributed by atoms with Crippen molar-refractivity contribution >= 4 is 23.6 Å². The van der Waals surface area contributed by atoms with Crippen molar-refractivity contribution in [1.29, 1.82) is 0 Å². The van der Waals surface area contributed by atoms with Crippen molar-refractivity contribution in [3.8, 4) is 5.75 Å². The van der Waals surface area contributed by atoms with E-state index in [1.807, 2.05) is 56.3 Å². The molecule has 0 aliphatic heterocycles. The molecule has 0 spiro atoms. The number of rotatable bonds is 7. The maximum absolute atomic E-state index is 12.2. The summed E-state index contributed by atoms with van der Waals surface area (Å²) in [6.07, 6.45) is 0.117. The number of aryl methyl sites for hydroxylation is 2. The Morgan fingerprint density at radius 3 is 2.62 bits per heavy atom. The molecule has 8 heteroatoms. The summed E-state index contributed by atoms with van der Waals surface area (Å²) in [5.41, 5.74) is 9.46. The van der Waals surface area contributed by atoms with Crippen molar-refractivity contribution in [3.05, 3.63) is 65.0 Å². The van der Waals surface area contributed by atoms with Gasteiger partial charge in [0, 0.05) is 5.69 Å². The molecule has 0 unspecified atom stereocenters. The largest absolute Gasteiger partial charge is 0.496 e. The fourth-order valence-electron chi connectivity index (χ4n) is 2.73. The average Bonchev–Trinajstić information content (AvgIpc) is 2.69. The Hall–Kier alpha value is -3.68. The van der Waals surface area contributed by atoms with E-state index >= 15 is 0 Å². The molecule has 1 aromatic heterocycles. The van der Waals surface area contributed by atoms with Gasteiger partial charge in [-0.3, -0.25) is 4.79 Å². The Bertz CT molecular complexity index is 1020. The van der Waals surface area contributed by atoms with Crippen molar-refractivity contribution in [3.63, 3.8) is 0 Å². The summed E-state index contributed by atoms with van der Waals surface area (Å²) in [5.74, 6) is 0.936. The highest BCUT2D eigenvalue weighted by Gasteiger charge is 2.11. The van der Waals surface area contributed by atoms with Crippen LogP contribution in [0.15, 0.2) is 42.5 Å². The summed E-state index contributed by atoms with van der Waals surface area (Å²) in [4.78, 5) is 24.6. The van der Waals surface area contributed by atoms with Gasteiger partial charge in [0.1, 0.15) is 5.75 Å². The van der Waals surface area contributed by atoms with Crippen LogP contribution in [0.1, 0.15) is 22.5 Å². The van der Waals surface area contributed by atoms with E-state index in [2.05, 4.69) is 20.3 Å². The van der Waals surface area contributed by atoms with Gasteiger partial charge in [0.25, 0.3) is 0 Å². The van der Waals surface area contributed by atoms with E-state index in [1.165, 1.54) is 0 Å². The lowest BCUT2D eigenvalue weighted by Crippen LogP contribution is -2.12. The third-order valence-electron chi connectivity index (χ3n) is 4.27. The number of aromatic nitrogens is 3. The zero-order valence-corrected chi connectivity index (χ0v) is 16.6. The molecule has 8 nitrogen and oxygen atoms in total. The first-order valence-corrected chi connectivity index (χ1v) is 9.07. The number of esters is 1. The molecule has 0 atom stereocenters. The first-order chi connectivity index (χ1) is 13.9. The van der Waals surface area contributed by atoms with Crippen LogP contribution in [-0.2, 0) is 22.6 Å². The standard InChI is InChI=1S/C21H23N5O3/c1-13-6-4-5-7-16(13)23-21-25-18(24-20(22)26-21)12-29-19(27)11-15-9-8-14(2)17(10-15)28-3/h4-10H,11-12H2,1-3H3,(H3,22,23,24,25,26). The van der Waals surface area contributed by atoms with Gasteiger partial charge in [-0.05, 0) is 42.7 Å². The van der Waals surface area contributed by atoms with E-state index < -0.39 is 5.97 Å². The topological polar surface area (TPSA) is 112 Å². The minimum atomic E-state index is -0.400. The van der Waals surface area contributed by atoms with E-state index in [1.54, 1.807) is 7.11 Å². The first-order valence-electron chi connectivity index (χ1n) is 9.07. The summed E-state index contributed by atoms with van der Waals surface area (Å²) in [6, 6.07) is 13.3. The number of hydrogen-bond acceptors (Lipinski definition) is 8. The number of nitrogens with zero attached hydrogens (tertiary/aromatic N) is 3. The van der Waals surface area contributed by atoms with Crippen LogP contribution in [-0.4, -0.2) is 28.0 Å². The quantitative estimate of drug-likeness (QED) is 0.589. The fourth-order valence-corrected chi connectivity index (χ4v) is 2.73. The predicted molar refractivity (Wildman–Crippen MR) is 110 cm³/mol. The number of hydrogen-bond donors (Lipinski definition) is 2. The summed E-state index contributed by atoms with van der Waals surface area (Å²) in [5, 5.41) is 3.10. The average molecular weight is 393 g/mol. The number of benzene rings is 2. The molecule has 0 aliphatic carbocycles. The first kappa shape index (κ1) is 20.1. The zero-order chi connectivity index (χ0) is 20.8. The number of methoxy groups -OCH3 is 1. The molecule has 3 N–H and O–H groups in total. The highest BCUT2D eigenvalue weighted by molar-refractivity contribution is 5.72. The maximum Gasteiger partial charge on any atom is 0.310 e. The molecule has 0 saturated carbocycles. The highest BCUT2D eigenvalue weighted by Crippen LogP contribution is 2.20. The molecule has 3 aromatic rings. The molecule has 0 aliphatic rings. The molecule has 0 fully saturated rings. The Morgan fingerprint density at radius 2 is 1.86 bits per heavy atom. The summed E-state index contributed by atoms with van der Waals surface area (Å²) >= 11 is 0. The third kappa shape index (κ3) is 5.41. The van der Waals surface area contributed by atoms with Crippen LogP contribution in [0.3, 0.4) is 0 Å². The molecule has 2 aromatic carbocycles. The van der Waals surface area contributed by atoms with E-state index in [0.29, 0.717) is 5.95 Å². The lowest BCUT2D eigenvalue weighted by atomic mass is 10.1. The molecule has 0 saturated heterocycles. The molecule has 0 bridgehead atoms. The van der Waals surface area contributed by atoms with Crippen LogP contribution in [0.4, 0.5) is 17.6 Å². The Kier molecular flexibility index (Phi) is 6.23. The van der Waals surface area contributed by atoms with E-state index in [0.717, 1.165) is 28.1 Å². The number of carbonyl (C=O) groups excluding carboxylic acids is 1. The van der Waals surface area contributed by atoms with E-state index in [4.69, 9.17) is 15.2 Å². The number of nitrogens with one attached hydrogen (secondary N) is 1. The lowest BCUT2D eigenvalue weighted by Gasteiger charge is -2.10. The van der Waals surface area contributed by atoms with Crippen molar-refractivity contribution < 1.29 is 14.3 Å². The molecule has 0 amide bonds. The van der Waals surface area contributed by atoms with E-state index in [-0.39, 0.29) is 24.8 Å². The van der Waals surface area contributed by atoms with Gasteiger partial charge in [-0.2, -0.15) is 15.0 Å². The van der Waals surface area contributed by atoms with Gasteiger partial charge in [0.05, 0.1) is 13.5 Å². The Labute approximate surface area is 169 Å². The fraction of sp³-hybridized carbons (Fsp3) is 0.238. The lowest BCUT2D eigenvalue weighted by molar-refractivity contribution is -0.144. The van der Waals surface area contributed by atoms with Crippen LogP contribution in [0.2, 0.25) is 0 Å². The molecule has 1 heterocycles. The Morgan fingerprint density at radius 1 is 1.07 bits per heavy atom. The Balaban J connectivity index is 1.63. The summed E-state index contributed by atoms with van der Waals surface area (Å²) in [6.45, 7) is 3.81. The van der Waals surface area contributed by atoms with Gasteiger partial charge >= 0.3 is 5.97 Å². The van der Waals surface area contributed by atoms with Gasteiger partial charge in [0.2, 0.25) is 11.9 Å². The zero-order valence-electron chi connectivity index (χ0n) is 16.6. The van der Waals surface area contributed by atoms with Gasteiger partial charge in [0.15, 0.2) is 12.4 Å².